The van der Waals surface area contributed by atoms with Crippen LogP contribution in [0, 0.1) is 0 Å². The van der Waals surface area contributed by atoms with Crippen LogP contribution in [0.25, 0.3) is 0 Å². The molecule has 15 heavy (non-hydrogen) atoms. The maximum atomic E-state index is 11.3. The molecule has 0 aromatic rings. The van der Waals surface area contributed by atoms with Crippen molar-refractivity contribution < 1.29 is 19.2 Å². The van der Waals surface area contributed by atoms with E-state index in [1.165, 1.54) is 12.2 Å². The number of carbonyl (C=O) groups excluding carboxylic acids is 2. The number of nitrogens with zero attached hydrogens (tertiary/aromatic N) is 1. The summed E-state index contributed by atoms with van der Waals surface area (Å²) < 4.78 is 4.61. The van der Waals surface area contributed by atoms with E-state index in [4.69, 9.17) is 4.84 Å². The van der Waals surface area contributed by atoms with Crippen molar-refractivity contribution in [2.75, 3.05) is 13.7 Å². The van der Waals surface area contributed by atoms with Crippen LogP contribution in [0.5, 0.6) is 0 Å². The highest BCUT2D eigenvalue weighted by Crippen LogP contribution is 2.19. The Morgan fingerprint density at radius 1 is 1.47 bits per heavy atom. The van der Waals surface area contributed by atoms with Crippen molar-refractivity contribution in [1.82, 2.24) is 5.06 Å². The molecule has 1 atom stereocenters. The Labute approximate surface area is 88.6 Å². The highest BCUT2D eigenvalue weighted by Gasteiger charge is 2.34. The SMILES string of the molecule is C=C(C)C(=O)ON1CCC[C@H]1C(=O)OC. The summed E-state index contributed by atoms with van der Waals surface area (Å²) in [6.45, 7) is 5.59. The molecule has 1 saturated heterocycles. The Bertz CT molecular complexity index is 287. The smallest absolute Gasteiger partial charge is 0.352 e. The van der Waals surface area contributed by atoms with E-state index in [9.17, 15) is 9.59 Å². The lowest BCUT2D eigenvalue weighted by atomic mass is 10.2. The van der Waals surface area contributed by atoms with E-state index in [1.54, 1.807) is 6.92 Å². The van der Waals surface area contributed by atoms with Gasteiger partial charge in [-0.15, -0.1) is 5.06 Å². The maximum absolute atomic E-state index is 11.3. The van der Waals surface area contributed by atoms with Crippen LogP contribution in [0.15, 0.2) is 12.2 Å². The maximum Gasteiger partial charge on any atom is 0.352 e. The van der Waals surface area contributed by atoms with E-state index < -0.39 is 12.0 Å². The first-order chi connectivity index (χ1) is 7.06. The van der Waals surface area contributed by atoms with Crippen molar-refractivity contribution in [2.45, 2.75) is 25.8 Å². The van der Waals surface area contributed by atoms with Crippen molar-refractivity contribution in [1.29, 1.82) is 0 Å². The number of esters is 1. The van der Waals surface area contributed by atoms with Crippen molar-refractivity contribution in [3.05, 3.63) is 12.2 Å². The predicted molar refractivity (Wildman–Crippen MR) is 52.7 cm³/mol. The molecule has 0 amide bonds. The molecule has 1 aliphatic rings. The standard InChI is InChI=1S/C10H15NO4/c1-7(2)9(12)15-11-6-4-5-8(11)10(13)14-3/h8H,1,4-6H2,2-3H3/t8-/m0/s1. The summed E-state index contributed by atoms with van der Waals surface area (Å²) in [5, 5.41) is 1.36. The molecule has 0 aromatic carbocycles. The van der Waals surface area contributed by atoms with Gasteiger partial charge in [-0.2, -0.15) is 0 Å². The largest absolute Gasteiger partial charge is 0.468 e. The minimum atomic E-state index is -0.509. The molecule has 5 nitrogen and oxygen atoms in total. The molecule has 0 radical (unpaired) electrons. The lowest BCUT2D eigenvalue weighted by Gasteiger charge is -2.20. The number of hydrogen-bond donors (Lipinski definition) is 0. The lowest BCUT2D eigenvalue weighted by Crippen LogP contribution is -2.38. The molecular weight excluding hydrogens is 198 g/mol. The molecule has 0 N–H and O–H groups in total. The van der Waals surface area contributed by atoms with E-state index in [2.05, 4.69) is 11.3 Å². The molecule has 0 unspecified atom stereocenters. The third-order valence-corrected chi connectivity index (χ3v) is 2.23. The minimum absolute atomic E-state index is 0.311. The molecule has 0 saturated carbocycles. The zero-order chi connectivity index (χ0) is 11.4. The van der Waals surface area contributed by atoms with Gasteiger partial charge in [0.2, 0.25) is 0 Å². The second-order valence-corrected chi connectivity index (χ2v) is 3.48. The van der Waals surface area contributed by atoms with Gasteiger partial charge in [0.25, 0.3) is 0 Å². The van der Waals surface area contributed by atoms with Crippen LogP contribution in [-0.4, -0.2) is 36.7 Å². The summed E-state index contributed by atoms with van der Waals surface area (Å²) in [5.74, 6) is -0.882. The Kier molecular flexibility index (Phi) is 3.85. The topological polar surface area (TPSA) is 55.8 Å². The van der Waals surface area contributed by atoms with Gasteiger partial charge >= 0.3 is 11.9 Å². The summed E-state index contributed by atoms with van der Waals surface area (Å²) in [7, 11) is 1.32. The first-order valence-electron chi connectivity index (χ1n) is 4.78. The third-order valence-electron chi connectivity index (χ3n) is 2.23. The minimum Gasteiger partial charge on any atom is -0.468 e. The van der Waals surface area contributed by atoms with Crippen molar-refractivity contribution in [3.8, 4) is 0 Å². The number of carbonyl (C=O) groups is 2. The van der Waals surface area contributed by atoms with Gasteiger partial charge in [-0.3, -0.25) is 4.79 Å². The summed E-state index contributed by atoms with van der Waals surface area (Å²) in [5.41, 5.74) is 0.311. The van der Waals surface area contributed by atoms with E-state index in [0.29, 0.717) is 18.5 Å². The summed E-state index contributed by atoms with van der Waals surface area (Å²) in [4.78, 5) is 27.5. The number of ether oxygens (including phenoxy) is 1. The van der Waals surface area contributed by atoms with E-state index in [-0.39, 0.29) is 5.97 Å². The Morgan fingerprint density at radius 2 is 2.13 bits per heavy atom. The highest BCUT2D eigenvalue weighted by atomic mass is 16.7. The molecule has 0 bridgehead atoms. The molecule has 0 aliphatic carbocycles. The van der Waals surface area contributed by atoms with Gasteiger partial charge in [-0.05, 0) is 19.8 Å². The highest BCUT2D eigenvalue weighted by molar-refractivity contribution is 5.87. The Hall–Kier alpha value is -1.36. The fraction of sp³-hybridized carbons (Fsp3) is 0.600. The number of hydroxylamine groups is 2. The van der Waals surface area contributed by atoms with Gasteiger partial charge in [-0.1, -0.05) is 6.58 Å². The quantitative estimate of drug-likeness (QED) is 0.509. The summed E-state index contributed by atoms with van der Waals surface area (Å²) in [6.07, 6.45) is 1.46. The van der Waals surface area contributed by atoms with Crippen LogP contribution < -0.4 is 0 Å². The second kappa shape index (κ2) is 4.93. The zero-order valence-corrected chi connectivity index (χ0v) is 8.99. The fourth-order valence-electron chi connectivity index (χ4n) is 1.41. The van der Waals surface area contributed by atoms with E-state index in [1.807, 2.05) is 0 Å². The van der Waals surface area contributed by atoms with Crippen molar-refractivity contribution in [3.63, 3.8) is 0 Å². The second-order valence-electron chi connectivity index (χ2n) is 3.48. The number of rotatable bonds is 3. The van der Waals surface area contributed by atoms with Crippen molar-refractivity contribution >= 4 is 11.9 Å². The molecule has 84 valence electrons. The molecule has 1 heterocycles. The molecule has 1 fully saturated rings. The normalized spacial score (nSPS) is 21.1. The fourth-order valence-corrected chi connectivity index (χ4v) is 1.41. The molecule has 5 heteroatoms. The van der Waals surface area contributed by atoms with Gasteiger partial charge in [0.15, 0.2) is 0 Å². The average molecular weight is 213 g/mol. The first-order valence-corrected chi connectivity index (χ1v) is 4.78. The molecule has 0 aromatic heterocycles. The molecule has 1 aliphatic heterocycles. The summed E-state index contributed by atoms with van der Waals surface area (Å²) >= 11 is 0. The van der Waals surface area contributed by atoms with E-state index >= 15 is 0 Å². The number of hydrogen-bond acceptors (Lipinski definition) is 5. The van der Waals surface area contributed by atoms with Crippen LogP contribution >= 0.6 is 0 Å². The van der Waals surface area contributed by atoms with Gasteiger partial charge < -0.3 is 9.57 Å². The van der Waals surface area contributed by atoms with Crippen molar-refractivity contribution in [2.24, 2.45) is 0 Å². The Morgan fingerprint density at radius 3 is 2.67 bits per heavy atom. The average Bonchev–Trinajstić information content (AvgIpc) is 2.64. The van der Waals surface area contributed by atoms with Gasteiger partial charge in [0.1, 0.15) is 6.04 Å². The van der Waals surface area contributed by atoms with Gasteiger partial charge in [0.05, 0.1) is 7.11 Å². The zero-order valence-electron chi connectivity index (χ0n) is 8.99. The van der Waals surface area contributed by atoms with Gasteiger partial charge in [0, 0.05) is 12.1 Å². The van der Waals surface area contributed by atoms with Crippen LogP contribution in [-0.2, 0) is 19.2 Å². The number of methoxy groups -OCH3 is 1. The monoisotopic (exact) mass is 213 g/mol. The predicted octanol–water partition coefficient (Wildman–Crippen LogP) is 0.658. The summed E-state index contributed by atoms with van der Waals surface area (Å²) in [6, 6.07) is -0.474. The molecule has 0 spiro atoms. The van der Waals surface area contributed by atoms with Crippen LogP contribution in [0.3, 0.4) is 0 Å². The van der Waals surface area contributed by atoms with E-state index in [0.717, 1.165) is 6.42 Å². The van der Waals surface area contributed by atoms with Gasteiger partial charge in [-0.25, -0.2) is 4.79 Å². The van der Waals surface area contributed by atoms with Crippen LogP contribution in [0.1, 0.15) is 19.8 Å². The van der Waals surface area contributed by atoms with Crippen LogP contribution in [0.4, 0.5) is 0 Å². The molecule has 1 rings (SSSR count). The Balaban J connectivity index is 2.57. The molecular formula is C10H15NO4. The first kappa shape index (κ1) is 11.7. The lowest BCUT2D eigenvalue weighted by molar-refractivity contribution is -0.195. The third kappa shape index (κ3) is 2.79. The van der Waals surface area contributed by atoms with Crippen LogP contribution in [0.2, 0.25) is 0 Å².